The maximum absolute atomic E-state index is 4.78. The van der Waals surface area contributed by atoms with Crippen molar-refractivity contribution in [2.75, 3.05) is 0 Å². The highest BCUT2D eigenvalue weighted by atomic mass is 15.0. The Morgan fingerprint density at radius 3 is 2.30 bits per heavy atom. The zero-order valence-corrected chi connectivity index (χ0v) is 16.8. The molecule has 0 bridgehead atoms. The molecule has 2 aromatic heterocycles. The van der Waals surface area contributed by atoms with Crippen molar-refractivity contribution >= 4 is 35.5 Å². The molecular formula is C22H23BN4. The third-order valence-electron chi connectivity index (χ3n) is 5.00. The maximum Gasteiger partial charge on any atom is 0.189 e. The van der Waals surface area contributed by atoms with Gasteiger partial charge in [-0.05, 0) is 47.7 Å². The monoisotopic (exact) mass is 354 g/mol. The Labute approximate surface area is 160 Å². The molecule has 0 N–H and O–H groups in total. The van der Waals surface area contributed by atoms with Crippen LogP contribution >= 0.6 is 0 Å². The van der Waals surface area contributed by atoms with E-state index in [2.05, 4.69) is 67.1 Å². The van der Waals surface area contributed by atoms with E-state index in [4.69, 9.17) is 9.97 Å². The van der Waals surface area contributed by atoms with Crippen molar-refractivity contribution < 1.29 is 0 Å². The summed E-state index contributed by atoms with van der Waals surface area (Å²) in [5, 5.41) is 2.49. The lowest BCUT2D eigenvalue weighted by atomic mass is 9.82. The van der Waals surface area contributed by atoms with Crippen molar-refractivity contribution in [1.82, 2.24) is 19.9 Å². The number of nitrogens with zero attached hydrogens (tertiary/aromatic N) is 4. The van der Waals surface area contributed by atoms with E-state index >= 15 is 0 Å². The van der Waals surface area contributed by atoms with Crippen molar-refractivity contribution in [2.45, 2.75) is 40.0 Å². The summed E-state index contributed by atoms with van der Waals surface area (Å²) in [6, 6.07) is 13.0. The van der Waals surface area contributed by atoms with Gasteiger partial charge in [-0.3, -0.25) is 0 Å². The molecule has 0 saturated heterocycles. The molecule has 134 valence electrons. The van der Waals surface area contributed by atoms with E-state index < -0.39 is 0 Å². The first-order valence-corrected chi connectivity index (χ1v) is 9.27. The maximum atomic E-state index is 4.78. The highest BCUT2D eigenvalue weighted by Gasteiger charge is 2.20. The van der Waals surface area contributed by atoms with Crippen LogP contribution in [0.4, 0.5) is 0 Å². The van der Waals surface area contributed by atoms with Gasteiger partial charge in [0.25, 0.3) is 0 Å². The molecule has 0 radical (unpaired) electrons. The van der Waals surface area contributed by atoms with Crippen LogP contribution in [0, 0.1) is 13.8 Å². The van der Waals surface area contributed by atoms with Gasteiger partial charge in [0.05, 0.1) is 17.1 Å². The van der Waals surface area contributed by atoms with Crippen molar-refractivity contribution in [2.24, 2.45) is 0 Å². The SMILES string of the molecule is Bc1nc(-c2cc(C(C)(C)C)c3ccccc3c2)c2nc(C)c(C)nc2n1. The summed E-state index contributed by atoms with van der Waals surface area (Å²) in [4.78, 5) is 18.7. The van der Waals surface area contributed by atoms with Gasteiger partial charge in [-0.15, -0.1) is 0 Å². The Balaban J connectivity index is 2.10. The van der Waals surface area contributed by atoms with Crippen molar-refractivity contribution in [3.63, 3.8) is 0 Å². The van der Waals surface area contributed by atoms with E-state index in [-0.39, 0.29) is 5.41 Å². The number of rotatable bonds is 1. The number of hydrogen-bond acceptors (Lipinski definition) is 4. The Morgan fingerprint density at radius 1 is 0.852 bits per heavy atom. The Morgan fingerprint density at radius 2 is 1.56 bits per heavy atom. The fourth-order valence-electron chi connectivity index (χ4n) is 3.49. The van der Waals surface area contributed by atoms with Gasteiger partial charge in [0.1, 0.15) is 11.2 Å². The summed E-state index contributed by atoms with van der Waals surface area (Å²) in [7, 11) is 1.91. The minimum absolute atomic E-state index is 0.0195. The van der Waals surface area contributed by atoms with Gasteiger partial charge in [-0.1, -0.05) is 45.0 Å². The first kappa shape index (κ1) is 17.6. The molecule has 5 heteroatoms. The van der Waals surface area contributed by atoms with Gasteiger partial charge in [-0.25, -0.2) is 19.9 Å². The summed E-state index contributed by atoms with van der Waals surface area (Å²) in [5.41, 5.74) is 7.18. The van der Waals surface area contributed by atoms with Crippen LogP contribution in [-0.2, 0) is 5.41 Å². The van der Waals surface area contributed by atoms with Crippen LogP contribution in [0.5, 0.6) is 0 Å². The lowest BCUT2D eigenvalue weighted by Gasteiger charge is -2.23. The number of fused-ring (bicyclic) bond motifs is 2. The fraction of sp³-hybridized carbons (Fsp3) is 0.273. The summed E-state index contributed by atoms with van der Waals surface area (Å²) >= 11 is 0. The zero-order valence-electron chi connectivity index (χ0n) is 16.8. The minimum Gasteiger partial charge on any atom is -0.246 e. The number of aryl methyl sites for hydroxylation is 2. The van der Waals surface area contributed by atoms with Crippen LogP contribution in [0.3, 0.4) is 0 Å². The Hall–Kier alpha value is -2.82. The molecule has 4 rings (SSSR count). The second kappa shape index (κ2) is 6.12. The van der Waals surface area contributed by atoms with Gasteiger partial charge < -0.3 is 0 Å². The average molecular weight is 354 g/mol. The molecule has 0 amide bonds. The van der Waals surface area contributed by atoms with E-state index in [0.717, 1.165) is 28.2 Å². The quantitative estimate of drug-likeness (QED) is 0.492. The minimum atomic E-state index is 0.0195. The van der Waals surface area contributed by atoms with Crippen LogP contribution in [0.1, 0.15) is 37.7 Å². The molecule has 0 spiro atoms. The number of hydrogen-bond donors (Lipinski definition) is 0. The molecule has 4 aromatic rings. The van der Waals surface area contributed by atoms with E-state index in [1.54, 1.807) is 0 Å². The standard InChI is InChI=1S/C22H23BN4/c1-12-13(2)25-20-19(24-12)18(26-21(23)27-20)15-10-14-8-6-7-9-16(14)17(11-15)22(3,4)5/h6-11H,23H2,1-5H3. The molecule has 0 atom stereocenters. The molecule has 27 heavy (non-hydrogen) atoms. The lowest BCUT2D eigenvalue weighted by Crippen LogP contribution is -2.17. The molecule has 0 unspecified atom stereocenters. The summed E-state index contributed by atoms with van der Waals surface area (Å²) in [6.07, 6.45) is 0. The highest BCUT2D eigenvalue weighted by molar-refractivity contribution is 6.29. The molecule has 2 aromatic carbocycles. The summed E-state index contributed by atoms with van der Waals surface area (Å²) < 4.78 is 0. The fourth-order valence-corrected chi connectivity index (χ4v) is 3.49. The van der Waals surface area contributed by atoms with Gasteiger partial charge in [-0.2, -0.15) is 0 Å². The van der Waals surface area contributed by atoms with Crippen LogP contribution in [0.25, 0.3) is 33.2 Å². The van der Waals surface area contributed by atoms with Gasteiger partial charge in [0.15, 0.2) is 13.5 Å². The van der Waals surface area contributed by atoms with Gasteiger partial charge >= 0.3 is 0 Å². The average Bonchev–Trinajstić information content (AvgIpc) is 2.60. The predicted molar refractivity (Wildman–Crippen MR) is 114 cm³/mol. The van der Waals surface area contributed by atoms with Crippen molar-refractivity contribution in [3.8, 4) is 11.3 Å². The third kappa shape index (κ3) is 3.07. The highest BCUT2D eigenvalue weighted by Crippen LogP contribution is 2.35. The first-order chi connectivity index (χ1) is 12.7. The van der Waals surface area contributed by atoms with Crippen LogP contribution in [0.2, 0.25) is 0 Å². The summed E-state index contributed by atoms with van der Waals surface area (Å²) in [6.45, 7) is 10.7. The predicted octanol–water partition coefficient (Wildman–Crippen LogP) is 3.41. The lowest BCUT2D eigenvalue weighted by molar-refractivity contribution is 0.596. The zero-order chi connectivity index (χ0) is 19.3. The van der Waals surface area contributed by atoms with E-state index in [1.165, 1.54) is 16.3 Å². The summed E-state index contributed by atoms with van der Waals surface area (Å²) in [5.74, 6) is 0. The van der Waals surface area contributed by atoms with Crippen molar-refractivity contribution in [3.05, 3.63) is 53.3 Å². The smallest absolute Gasteiger partial charge is 0.189 e. The van der Waals surface area contributed by atoms with Crippen LogP contribution in [0.15, 0.2) is 36.4 Å². The molecule has 4 nitrogen and oxygen atoms in total. The van der Waals surface area contributed by atoms with E-state index in [0.29, 0.717) is 11.4 Å². The van der Waals surface area contributed by atoms with Crippen LogP contribution in [-0.4, -0.2) is 27.8 Å². The Bertz CT molecular complexity index is 1190. The normalized spacial score (nSPS) is 12.0. The van der Waals surface area contributed by atoms with Crippen molar-refractivity contribution in [1.29, 1.82) is 0 Å². The second-order valence-corrected chi connectivity index (χ2v) is 8.18. The van der Waals surface area contributed by atoms with E-state index in [9.17, 15) is 0 Å². The van der Waals surface area contributed by atoms with Crippen LogP contribution < -0.4 is 5.72 Å². The number of aromatic nitrogens is 4. The Kier molecular flexibility index (Phi) is 3.99. The molecule has 2 heterocycles. The molecule has 0 fully saturated rings. The molecule has 0 saturated carbocycles. The van der Waals surface area contributed by atoms with Gasteiger partial charge in [0, 0.05) is 5.56 Å². The second-order valence-electron chi connectivity index (χ2n) is 8.18. The molecular weight excluding hydrogens is 331 g/mol. The largest absolute Gasteiger partial charge is 0.246 e. The molecule has 0 aliphatic rings. The van der Waals surface area contributed by atoms with E-state index in [1.807, 2.05) is 21.7 Å². The third-order valence-corrected chi connectivity index (χ3v) is 5.00. The molecule has 0 aliphatic carbocycles. The topological polar surface area (TPSA) is 51.6 Å². The van der Waals surface area contributed by atoms with Gasteiger partial charge in [0.2, 0.25) is 0 Å². The molecule has 0 aliphatic heterocycles. The number of benzene rings is 2. The first-order valence-electron chi connectivity index (χ1n) is 9.27.